The smallest absolute Gasteiger partial charge is 0.246 e. The quantitative estimate of drug-likeness (QED) is 0.861. The first-order chi connectivity index (χ1) is 10.5. The van der Waals surface area contributed by atoms with E-state index in [2.05, 4.69) is 22.7 Å². The second-order valence-electron chi connectivity index (χ2n) is 5.31. The minimum absolute atomic E-state index is 0.225. The highest BCUT2D eigenvalue weighted by molar-refractivity contribution is 5.96. The molecule has 0 fully saturated rings. The summed E-state index contributed by atoms with van der Waals surface area (Å²) in [5, 5.41) is 10.0. The second kappa shape index (κ2) is 7.06. The number of benzene rings is 1. The van der Waals surface area contributed by atoms with Gasteiger partial charge in [0, 0.05) is 18.4 Å². The van der Waals surface area contributed by atoms with E-state index in [1.54, 1.807) is 19.2 Å². The molecule has 0 unspecified atom stereocenters. The number of carbonyl (C=O) groups is 1. The van der Waals surface area contributed by atoms with Crippen molar-refractivity contribution >= 4 is 17.3 Å². The molecule has 2 rings (SSSR count). The Balaban J connectivity index is 1.98. The molecule has 0 aliphatic heterocycles. The summed E-state index contributed by atoms with van der Waals surface area (Å²) >= 11 is 0. The third kappa shape index (κ3) is 4.07. The van der Waals surface area contributed by atoms with Crippen LogP contribution >= 0.6 is 0 Å². The Bertz CT molecular complexity index is 653. The zero-order valence-corrected chi connectivity index (χ0v) is 13.1. The minimum atomic E-state index is -0.457. The van der Waals surface area contributed by atoms with Gasteiger partial charge < -0.3 is 10.6 Å². The van der Waals surface area contributed by atoms with Crippen LogP contribution in [0.4, 0.5) is 15.8 Å². The normalized spacial score (nSPS) is 12.0. The first-order valence-corrected chi connectivity index (χ1v) is 7.35. The number of amides is 1. The number of aryl methyl sites for hydroxylation is 2. The Hall–Kier alpha value is -2.37. The summed E-state index contributed by atoms with van der Waals surface area (Å²) in [7, 11) is 0. The lowest BCUT2D eigenvalue weighted by molar-refractivity contribution is -0.116. The molecule has 5 nitrogen and oxygen atoms in total. The molecule has 0 aliphatic rings. The molecule has 1 amide bonds. The molecule has 2 aromatic rings. The number of aromatic nitrogens is 2. The summed E-state index contributed by atoms with van der Waals surface area (Å²) in [5.41, 5.74) is 2.09. The van der Waals surface area contributed by atoms with Crippen molar-refractivity contribution in [2.45, 2.75) is 39.8 Å². The zero-order chi connectivity index (χ0) is 16.1. The molecule has 2 N–H and O–H groups in total. The molecule has 118 valence electrons. The molecule has 0 bridgehead atoms. The van der Waals surface area contributed by atoms with Gasteiger partial charge in [0.25, 0.3) is 0 Å². The summed E-state index contributed by atoms with van der Waals surface area (Å²) in [5.74, 6) is -0.598. The Labute approximate surface area is 129 Å². The van der Waals surface area contributed by atoms with Crippen LogP contribution in [0.25, 0.3) is 0 Å². The molecular formula is C16H21FN4O. The van der Waals surface area contributed by atoms with Crippen LogP contribution in [0.2, 0.25) is 0 Å². The predicted molar refractivity (Wildman–Crippen MR) is 85.4 cm³/mol. The Morgan fingerprint density at radius 1 is 1.45 bits per heavy atom. The number of hydrogen-bond donors (Lipinski definition) is 2. The van der Waals surface area contributed by atoms with E-state index in [-0.39, 0.29) is 11.7 Å². The number of carbonyl (C=O) groups excluding carboxylic acids is 1. The summed E-state index contributed by atoms with van der Waals surface area (Å²) in [4.78, 5) is 12.2. The van der Waals surface area contributed by atoms with Gasteiger partial charge in [0.1, 0.15) is 11.9 Å². The highest BCUT2D eigenvalue weighted by atomic mass is 19.1. The Kier molecular flexibility index (Phi) is 5.14. The number of nitrogens with one attached hydrogen (secondary N) is 2. The van der Waals surface area contributed by atoms with E-state index in [1.807, 2.05) is 17.8 Å². The van der Waals surface area contributed by atoms with Gasteiger partial charge in [-0.05, 0) is 38.0 Å². The first-order valence-electron chi connectivity index (χ1n) is 7.35. The van der Waals surface area contributed by atoms with E-state index >= 15 is 0 Å². The van der Waals surface area contributed by atoms with Crippen LogP contribution in [-0.4, -0.2) is 21.7 Å². The topological polar surface area (TPSA) is 59.0 Å². The molecule has 0 aliphatic carbocycles. The molecule has 0 saturated heterocycles. The van der Waals surface area contributed by atoms with Crippen LogP contribution in [0.3, 0.4) is 0 Å². The van der Waals surface area contributed by atoms with Crippen molar-refractivity contribution < 1.29 is 9.18 Å². The molecule has 1 atom stereocenters. The molecule has 0 radical (unpaired) electrons. The average molecular weight is 304 g/mol. The van der Waals surface area contributed by atoms with Crippen LogP contribution < -0.4 is 10.6 Å². The van der Waals surface area contributed by atoms with Crippen LogP contribution in [-0.2, 0) is 11.3 Å². The van der Waals surface area contributed by atoms with Gasteiger partial charge in [0.2, 0.25) is 5.91 Å². The van der Waals surface area contributed by atoms with Gasteiger partial charge in [-0.1, -0.05) is 13.0 Å². The molecule has 0 saturated carbocycles. The maximum absolute atomic E-state index is 13.2. The third-order valence-electron chi connectivity index (χ3n) is 3.32. The van der Waals surface area contributed by atoms with Crippen molar-refractivity contribution in [2.24, 2.45) is 0 Å². The lowest BCUT2D eigenvalue weighted by Gasteiger charge is -2.15. The summed E-state index contributed by atoms with van der Waals surface area (Å²) in [6.45, 7) is 6.49. The van der Waals surface area contributed by atoms with E-state index < -0.39 is 6.04 Å². The van der Waals surface area contributed by atoms with Crippen molar-refractivity contribution in [3.8, 4) is 0 Å². The lowest BCUT2D eigenvalue weighted by atomic mass is 10.2. The maximum atomic E-state index is 13.2. The Morgan fingerprint density at radius 3 is 2.95 bits per heavy atom. The lowest BCUT2D eigenvalue weighted by Crippen LogP contribution is -2.32. The van der Waals surface area contributed by atoms with E-state index in [4.69, 9.17) is 0 Å². The molecule has 22 heavy (non-hydrogen) atoms. The van der Waals surface area contributed by atoms with Gasteiger partial charge in [0.15, 0.2) is 0 Å². The molecule has 0 spiro atoms. The van der Waals surface area contributed by atoms with E-state index in [0.717, 1.165) is 24.2 Å². The second-order valence-corrected chi connectivity index (χ2v) is 5.31. The number of rotatable bonds is 6. The highest BCUT2D eigenvalue weighted by Gasteiger charge is 2.14. The fraction of sp³-hybridized carbons (Fsp3) is 0.375. The molecule has 1 aromatic carbocycles. The van der Waals surface area contributed by atoms with Crippen molar-refractivity contribution in [3.63, 3.8) is 0 Å². The largest absolute Gasteiger partial charge is 0.371 e. The molecule has 1 heterocycles. The van der Waals surface area contributed by atoms with Gasteiger partial charge in [-0.2, -0.15) is 5.10 Å². The van der Waals surface area contributed by atoms with E-state index in [1.165, 1.54) is 12.1 Å². The van der Waals surface area contributed by atoms with Crippen LogP contribution in [0.1, 0.15) is 25.8 Å². The molecular weight excluding hydrogens is 283 g/mol. The van der Waals surface area contributed by atoms with Crippen molar-refractivity contribution in [1.29, 1.82) is 0 Å². The van der Waals surface area contributed by atoms with E-state index in [0.29, 0.717) is 5.69 Å². The monoisotopic (exact) mass is 304 g/mol. The third-order valence-corrected chi connectivity index (χ3v) is 3.32. The molecule has 1 aromatic heterocycles. The van der Waals surface area contributed by atoms with E-state index in [9.17, 15) is 9.18 Å². The van der Waals surface area contributed by atoms with Crippen molar-refractivity contribution in [1.82, 2.24) is 9.78 Å². The van der Waals surface area contributed by atoms with Crippen molar-refractivity contribution in [2.75, 3.05) is 10.6 Å². The van der Waals surface area contributed by atoms with Gasteiger partial charge in [0.05, 0.1) is 11.9 Å². The van der Waals surface area contributed by atoms with Crippen molar-refractivity contribution in [3.05, 3.63) is 42.0 Å². The minimum Gasteiger partial charge on any atom is -0.371 e. The number of anilines is 2. The average Bonchev–Trinajstić information content (AvgIpc) is 2.90. The Morgan fingerprint density at radius 2 is 2.23 bits per heavy atom. The van der Waals surface area contributed by atoms with Gasteiger partial charge in [-0.25, -0.2) is 4.39 Å². The fourth-order valence-corrected chi connectivity index (χ4v) is 2.07. The summed E-state index contributed by atoms with van der Waals surface area (Å²) in [6.07, 6.45) is 4.55. The van der Waals surface area contributed by atoms with Crippen LogP contribution in [0.5, 0.6) is 0 Å². The number of hydrogen-bond acceptors (Lipinski definition) is 3. The van der Waals surface area contributed by atoms with Crippen LogP contribution in [0.15, 0.2) is 30.6 Å². The fourth-order valence-electron chi connectivity index (χ4n) is 2.07. The van der Waals surface area contributed by atoms with Gasteiger partial charge in [-0.3, -0.25) is 9.48 Å². The highest BCUT2D eigenvalue weighted by Crippen LogP contribution is 2.16. The molecule has 6 heteroatoms. The SMILES string of the molecule is CCCn1cc(N[C@@H](C)C(=O)Nc2cc(F)ccc2C)cn1. The van der Waals surface area contributed by atoms with Crippen LogP contribution in [0, 0.1) is 12.7 Å². The number of nitrogens with zero attached hydrogens (tertiary/aromatic N) is 2. The number of halogens is 1. The summed E-state index contributed by atoms with van der Waals surface area (Å²) < 4.78 is 15.1. The first kappa shape index (κ1) is 16.0. The van der Waals surface area contributed by atoms with Gasteiger partial charge in [-0.15, -0.1) is 0 Å². The predicted octanol–water partition coefficient (Wildman–Crippen LogP) is 3.18. The van der Waals surface area contributed by atoms with Gasteiger partial charge >= 0.3 is 0 Å². The standard InChI is InChI=1S/C16H21FN4O/c1-4-7-21-10-14(9-18-21)19-12(3)16(22)20-15-8-13(17)6-5-11(15)2/h5-6,8-10,12,19H,4,7H2,1-3H3,(H,20,22)/t12-/m0/s1. The summed E-state index contributed by atoms with van der Waals surface area (Å²) in [6, 6.07) is 3.87. The zero-order valence-electron chi connectivity index (χ0n) is 13.1. The maximum Gasteiger partial charge on any atom is 0.246 e.